The molecule has 25 heavy (non-hydrogen) atoms. The summed E-state index contributed by atoms with van der Waals surface area (Å²) in [5.74, 6) is -0.438. The third kappa shape index (κ3) is 4.96. The second kappa shape index (κ2) is 7.89. The predicted molar refractivity (Wildman–Crippen MR) is 103 cm³/mol. The molecule has 0 unspecified atom stereocenters. The Morgan fingerprint density at radius 2 is 1.84 bits per heavy atom. The summed E-state index contributed by atoms with van der Waals surface area (Å²) in [7, 11) is -3.64. The number of rotatable bonds is 6. The van der Waals surface area contributed by atoms with Crippen molar-refractivity contribution < 1.29 is 13.2 Å². The Balaban J connectivity index is 2.29. The molecule has 2 aromatic rings. The van der Waals surface area contributed by atoms with Crippen LogP contribution in [0.5, 0.6) is 0 Å². The number of amides is 1. The lowest BCUT2D eigenvalue weighted by Crippen LogP contribution is -2.45. The van der Waals surface area contributed by atoms with E-state index in [1.54, 1.807) is 43.3 Å². The van der Waals surface area contributed by atoms with E-state index in [-0.39, 0.29) is 0 Å². The first-order valence-corrected chi connectivity index (χ1v) is 10.1. The van der Waals surface area contributed by atoms with Crippen LogP contribution in [0.4, 0.5) is 11.4 Å². The minimum atomic E-state index is -3.64. The van der Waals surface area contributed by atoms with Gasteiger partial charge in [-0.05, 0) is 49.2 Å². The standard InChI is InChI=1S/C18H21ClN2O3S/c1-4-14-8-10-17(11-9-14)21(25(3,23)24)13(2)18(22)20-16-7-5-6-15(19)12-16/h5-13H,4H2,1-3H3,(H,20,22)/t13-/m1/s1. The van der Waals surface area contributed by atoms with Crippen LogP contribution in [0.1, 0.15) is 19.4 Å². The Morgan fingerprint density at radius 1 is 1.20 bits per heavy atom. The molecule has 0 spiro atoms. The smallest absolute Gasteiger partial charge is 0.247 e. The highest BCUT2D eigenvalue weighted by atomic mass is 35.5. The summed E-state index contributed by atoms with van der Waals surface area (Å²) in [6.45, 7) is 3.57. The van der Waals surface area contributed by atoms with E-state index in [9.17, 15) is 13.2 Å². The molecule has 0 fully saturated rings. The van der Waals surface area contributed by atoms with Gasteiger partial charge in [0.05, 0.1) is 11.9 Å². The van der Waals surface area contributed by atoms with Gasteiger partial charge in [-0.3, -0.25) is 9.10 Å². The van der Waals surface area contributed by atoms with Crippen molar-refractivity contribution in [3.05, 3.63) is 59.1 Å². The van der Waals surface area contributed by atoms with Crippen molar-refractivity contribution in [3.8, 4) is 0 Å². The minimum absolute atomic E-state index is 0.438. The highest BCUT2D eigenvalue weighted by Gasteiger charge is 2.29. The van der Waals surface area contributed by atoms with Gasteiger partial charge in [-0.15, -0.1) is 0 Å². The average Bonchev–Trinajstić information content (AvgIpc) is 2.54. The quantitative estimate of drug-likeness (QED) is 0.830. The number of anilines is 2. The van der Waals surface area contributed by atoms with E-state index in [0.717, 1.165) is 22.5 Å². The normalized spacial score (nSPS) is 12.5. The van der Waals surface area contributed by atoms with Gasteiger partial charge in [0, 0.05) is 10.7 Å². The molecule has 1 atom stereocenters. The van der Waals surface area contributed by atoms with Crippen molar-refractivity contribution in [2.24, 2.45) is 0 Å². The van der Waals surface area contributed by atoms with Gasteiger partial charge in [0.15, 0.2) is 0 Å². The highest BCUT2D eigenvalue weighted by Crippen LogP contribution is 2.23. The van der Waals surface area contributed by atoms with Crippen LogP contribution in [0.15, 0.2) is 48.5 Å². The van der Waals surface area contributed by atoms with Crippen molar-refractivity contribution >= 4 is 38.9 Å². The maximum Gasteiger partial charge on any atom is 0.247 e. The number of carbonyl (C=O) groups is 1. The predicted octanol–water partition coefficient (Wildman–Crippen LogP) is 3.70. The first-order chi connectivity index (χ1) is 11.7. The van der Waals surface area contributed by atoms with Gasteiger partial charge in [0.2, 0.25) is 15.9 Å². The summed E-state index contributed by atoms with van der Waals surface area (Å²) in [5, 5.41) is 3.18. The molecule has 2 aromatic carbocycles. The van der Waals surface area contributed by atoms with E-state index in [2.05, 4.69) is 5.32 Å². The monoisotopic (exact) mass is 380 g/mol. The SMILES string of the molecule is CCc1ccc(N([C@H](C)C(=O)Nc2cccc(Cl)c2)S(C)(=O)=O)cc1. The lowest BCUT2D eigenvalue weighted by molar-refractivity contribution is -0.116. The van der Waals surface area contributed by atoms with Gasteiger partial charge in [-0.25, -0.2) is 8.42 Å². The molecule has 1 amide bonds. The molecule has 0 heterocycles. The summed E-state index contributed by atoms with van der Waals surface area (Å²) >= 11 is 5.91. The average molecular weight is 381 g/mol. The Bertz CT molecular complexity index is 851. The molecule has 1 N–H and O–H groups in total. The Hall–Kier alpha value is -2.05. The summed E-state index contributed by atoms with van der Waals surface area (Å²) in [6, 6.07) is 12.9. The van der Waals surface area contributed by atoms with Crippen molar-refractivity contribution in [3.63, 3.8) is 0 Å². The van der Waals surface area contributed by atoms with Crippen molar-refractivity contribution in [2.45, 2.75) is 26.3 Å². The Labute approximate surface area is 153 Å². The molecule has 0 aromatic heterocycles. The molecule has 0 aliphatic carbocycles. The molecule has 0 radical (unpaired) electrons. The van der Waals surface area contributed by atoms with Gasteiger partial charge in [0.1, 0.15) is 6.04 Å². The molecule has 134 valence electrons. The largest absolute Gasteiger partial charge is 0.324 e. The number of aryl methyl sites for hydroxylation is 1. The van der Waals surface area contributed by atoms with Gasteiger partial charge in [-0.2, -0.15) is 0 Å². The Kier molecular flexibility index (Phi) is 6.08. The zero-order valence-corrected chi connectivity index (χ0v) is 15.9. The van der Waals surface area contributed by atoms with Crippen LogP contribution < -0.4 is 9.62 Å². The van der Waals surface area contributed by atoms with Crippen LogP contribution in [0, 0.1) is 0 Å². The number of hydrogen-bond acceptors (Lipinski definition) is 3. The van der Waals surface area contributed by atoms with Crippen LogP contribution in [-0.2, 0) is 21.2 Å². The fourth-order valence-electron chi connectivity index (χ4n) is 2.50. The molecule has 7 heteroatoms. The first kappa shape index (κ1) is 19.3. The fourth-order valence-corrected chi connectivity index (χ4v) is 3.87. The molecule has 2 rings (SSSR count). The van der Waals surface area contributed by atoms with Gasteiger partial charge < -0.3 is 5.32 Å². The third-order valence-corrected chi connectivity index (χ3v) is 5.26. The highest BCUT2D eigenvalue weighted by molar-refractivity contribution is 7.92. The molecule has 0 bridgehead atoms. The maximum absolute atomic E-state index is 12.5. The Morgan fingerprint density at radius 3 is 2.36 bits per heavy atom. The molecule has 5 nitrogen and oxygen atoms in total. The number of benzene rings is 2. The van der Waals surface area contributed by atoms with E-state index in [1.165, 1.54) is 0 Å². The van der Waals surface area contributed by atoms with Gasteiger partial charge >= 0.3 is 0 Å². The van der Waals surface area contributed by atoms with Gasteiger partial charge in [0.25, 0.3) is 0 Å². The molecular weight excluding hydrogens is 360 g/mol. The zero-order chi connectivity index (χ0) is 18.6. The van der Waals surface area contributed by atoms with E-state index in [1.807, 2.05) is 19.1 Å². The van der Waals surface area contributed by atoms with E-state index in [4.69, 9.17) is 11.6 Å². The third-order valence-electron chi connectivity index (χ3n) is 3.78. The lowest BCUT2D eigenvalue weighted by Gasteiger charge is -2.28. The molecular formula is C18H21ClN2O3S. The second-order valence-electron chi connectivity index (χ2n) is 5.75. The van der Waals surface area contributed by atoms with Crippen LogP contribution in [0.2, 0.25) is 5.02 Å². The zero-order valence-electron chi connectivity index (χ0n) is 14.4. The number of nitrogens with zero attached hydrogens (tertiary/aromatic N) is 1. The van der Waals surface area contributed by atoms with Crippen molar-refractivity contribution in [1.29, 1.82) is 0 Å². The topological polar surface area (TPSA) is 66.5 Å². The maximum atomic E-state index is 12.5. The van der Waals surface area contributed by atoms with E-state index < -0.39 is 22.0 Å². The lowest BCUT2D eigenvalue weighted by atomic mass is 10.1. The summed E-state index contributed by atoms with van der Waals surface area (Å²) in [5.41, 5.74) is 2.06. The number of halogens is 1. The second-order valence-corrected chi connectivity index (χ2v) is 8.05. The van der Waals surface area contributed by atoms with Crippen LogP contribution >= 0.6 is 11.6 Å². The molecule has 0 saturated heterocycles. The van der Waals surface area contributed by atoms with Crippen molar-refractivity contribution in [2.75, 3.05) is 15.9 Å². The first-order valence-electron chi connectivity index (χ1n) is 7.87. The summed E-state index contributed by atoms with van der Waals surface area (Å²) < 4.78 is 25.6. The summed E-state index contributed by atoms with van der Waals surface area (Å²) in [6.07, 6.45) is 1.94. The van der Waals surface area contributed by atoms with Crippen LogP contribution in [0.25, 0.3) is 0 Å². The molecule has 0 aliphatic rings. The number of carbonyl (C=O) groups excluding carboxylic acids is 1. The molecule has 0 aliphatic heterocycles. The van der Waals surface area contributed by atoms with Crippen LogP contribution in [0.3, 0.4) is 0 Å². The van der Waals surface area contributed by atoms with Gasteiger partial charge in [-0.1, -0.05) is 36.7 Å². The number of sulfonamides is 1. The minimum Gasteiger partial charge on any atom is -0.324 e. The fraction of sp³-hybridized carbons (Fsp3) is 0.278. The van der Waals surface area contributed by atoms with E-state index in [0.29, 0.717) is 16.4 Å². The van der Waals surface area contributed by atoms with Crippen LogP contribution in [-0.4, -0.2) is 26.6 Å². The van der Waals surface area contributed by atoms with E-state index >= 15 is 0 Å². The molecule has 0 saturated carbocycles. The summed E-state index contributed by atoms with van der Waals surface area (Å²) in [4.78, 5) is 12.5. The van der Waals surface area contributed by atoms with Crippen molar-refractivity contribution in [1.82, 2.24) is 0 Å². The number of nitrogens with one attached hydrogen (secondary N) is 1. The number of hydrogen-bond donors (Lipinski definition) is 1.